The lowest BCUT2D eigenvalue weighted by molar-refractivity contribution is 0.622. The Bertz CT molecular complexity index is 371. The van der Waals surface area contributed by atoms with Gasteiger partial charge in [-0.05, 0) is 37.5 Å². The van der Waals surface area contributed by atoms with Gasteiger partial charge < -0.3 is 10.2 Å². The zero-order valence-corrected chi connectivity index (χ0v) is 10.1. The van der Waals surface area contributed by atoms with Gasteiger partial charge >= 0.3 is 0 Å². The molecule has 1 aliphatic heterocycles. The number of hydrogen-bond acceptors (Lipinski definition) is 2. The fraction of sp³-hybridized carbons (Fsp3) is 0.538. The Kier molecular flexibility index (Phi) is 2.59. The van der Waals surface area contributed by atoms with Gasteiger partial charge in [0.25, 0.3) is 0 Å². The molecule has 1 heterocycles. The molecule has 0 aromatic heterocycles. The Balaban J connectivity index is 2.46. The molecule has 0 saturated heterocycles. The predicted octanol–water partition coefficient (Wildman–Crippen LogP) is 2.94. The van der Waals surface area contributed by atoms with Crippen molar-refractivity contribution in [1.82, 2.24) is 0 Å². The average molecular weight is 204 g/mol. The Morgan fingerprint density at radius 1 is 1.40 bits per heavy atom. The molecule has 1 aromatic rings. The Labute approximate surface area is 92.3 Å². The first-order valence-electron chi connectivity index (χ1n) is 5.71. The van der Waals surface area contributed by atoms with E-state index in [1.807, 2.05) is 0 Å². The number of benzene rings is 1. The minimum atomic E-state index is 0.624. The molecule has 1 aliphatic rings. The average Bonchev–Trinajstić information content (AvgIpc) is 2.19. The first-order chi connectivity index (χ1) is 7.13. The number of nitrogens with one attached hydrogen (secondary N) is 1. The zero-order chi connectivity index (χ0) is 11.0. The van der Waals surface area contributed by atoms with Crippen molar-refractivity contribution in [3.63, 3.8) is 0 Å². The van der Waals surface area contributed by atoms with Gasteiger partial charge in [-0.15, -0.1) is 0 Å². The molecule has 0 saturated carbocycles. The van der Waals surface area contributed by atoms with Crippen molar-refractivity contribution < 1.29 is 0 Å². The van der Waals surface area contributed by atoms with Crippen LogP contribution in [0.25, 0.3) is 0 Å². The van der Waals surface area contributed by atoms with Gasteiger partial charge in [-0.2, -0.15) is 0 Å². The van der Waals surface area contributed by atoms with Gasteiger partial charge in [0.2, 0.25) is 0 Å². The van der Waals surface area contributed by atoms with Crippen LogP contribution >= 0.6 is 0 Å². The Hall–Kier alpha value is -1.18. The number of nitrogens with zero attached hydrogens (tertiary/aromatic N) is 1. The van der Waals surface area contributed by atoms with Crippen LogP contribution in [-0.4, -0.2) is 19.6 Å². The third-order valence-electron chi connectivity index (χ3n) is 3.37. The molecule has 2 rings (SSSR count). The lowest BCUT2D eigenvalue weighted by Crippen LogP contribution is -2.41. The summed E-state index contributed by atoms with van der Waals surface area (Å²) in [4.78, 5) is 2.41. The fourth-order valence-corrected chi connectivity index (χ4v) is 2.43. The van der Waals surface area contributed by atoms with E-state index in [2.05, 4.69) is 50.2 Å². The third kappa shape index (κ3) is 1.69. The van der Waals surface area contributed by atoms with E-state index >= 15 is 0 Å². The summed E-state index contributed by atoms with van der Waals surface area (Å²) in [7, 11) is 2.20. The fourth-order valence-electron chi connectivity index (χ4n) is 2.43. The molecule has 0 amide bonds. The number of likely N-dealkylation sites (N-methyl/N-ethyl adjacent to an activating group) is 1. The van der Waals surface area contributed by atoms with Gasteiger partial charge in [0.15, 0.2) is 0 Å². The number of hydrogen-bond donors (Lipinski definition) is 1. The second-order valence-corrected chi connectivity index (χ2v) is 4.53. The van der Waals surface area contributed by atoms with Gasteiger partial charge in [0.1, 0.15) is 0 Å². The summed E-state index contributed by atoms with van der Waals surface area (Å²) in [6.07, 6.45) is 1.19. The quantitative estimate of drug-likeness (QED) is 0.756. The van der Waals surface area contributed by atoms with Crippen LogP contribution in [0, 0.1) is 13.8 Å². The van der Waals surface area contributed by atoms with Crippen LogP contribution in [0.1, 0.15) is 24.5 Å². The summed E-state index contributed by atoms with van der Waals surface area (Å²) in [5, 5.41) is 3.55. The first kappa shape index (κ1) is 10.3. The van der Waals surface area contributed by atoms with Crippen molar-refractivity contribution >= 4 is 11.4 Å². The van der Waals surface area contributed by atoms with Crippen LogP contribution in [0.15, 0.2) is 12.1 Å². The number of rotatable bonds is 1. The van der Waals surface area contributed by atoms with Gasteiger partial charge in [-0.1, -0.05) is 13.0 Å². The zero-order valence-electron chi connectivity index (χ0n) is 10.1. The molecular formula is C13H20N2. The molecule has 82 valence electrons. The van der Waals surface area contributed by atoms with Crippen LogP contribution in [0.5, 0.6) is 0 Å². The highest BCUT2D eigenvalue weighted by atomic mass is 15.2. The van der Waals surface area contributed by atoms with Crippen LogP contribution in [0.4, 0.5) is 11.4 Å². The van der Waals surface area contributed by atoms with Crippen molar-refractivity contribution in [1.29, 1.82) is 0 Å². The van der Waals surface area contributed by atoms with Gasteiger partial charge in [0, 0.05) is 19.6 Å². The highest BCUT2D eigenvalue weighted by molar-refractivity contribution is 5.76. The normalized spacial score (nSPS) is 19.7. The van der Waals surface area contributed by atoms with Crippen molar-refractivity contribution in [3.05, 3.63) is 23.3 Å². The number of anilines is 2. The smallest absolute Gasteiger partial charge is 0.0608 e. The number of fused-ring (bicyclic) bond motifs is 1. The molecule has 0 bridgehead atoms. The van der Waals surface area contributed by atoms with E-state index in [1.54, 1.807) is 0 Å². The van der Waals surface area contributed by atoms with Crippen molar-refractivity contribution in [3.8, 4) is 0 Å². The van der Waals surface area contributed by atoms with E-state index in [0.29, 0.717) is 6.04 Å². The Morgan fingerprint density at radius 2 is 2.13 bits per heavy atom. The monoisotopic (exact) mass is 204 g/mol. The molecule has 0 radical (unpaired) electrons. The van der Waals surface area contributed by atoms with E-state index in [1.165, 1.54) is 28.9 Å². The van der Waals surface area contributed by atoms with E-state index in [-0.39, 0.29) is 0 Å². The molecule has 1 atom stereocenters. The minimum absolute atomic E-state index is 0.624. The molecular weight excluding hydrogens is 184 g/mol. The SMILES string of the molecule is CCC1CNc2c(C)cc(C)cc2N1C. The summed E-state index contributed by atoms with van der Waals surface area (Å²) in [6, 6.07) is 5.14. The molecule has 0 fully saturated rings. The second kappa shape index (κ2) is 3.76. The molecule has 1 N–H and O–H groups in total. The second-order valence-electron chi connectivity index (χ2n) is 4.53. The van der Waals surface area contributed by atoms with Crippen molar-refractivity contribution in [2.75, 3.05) is 23.8 Å². The van der Waals surface area contributed by atoms with E-state index in [0.717, 1.165) is 6.54 Å². The van der Waals surface area contributed by atoms with Gasteiger partial charge in [0.05, 0.1) is 11.4 Å². The molecule has 0 spiro atoms. The van der Waals surface area contributed by atoms with Crippen LogP contribution in [0.3, 0.4) is 0 Å². The lowest BCUT2D eigenvalue weighted by atomic mass is 10.0. The molecule has 2 nitrogen and oxygen atoms in total. The maximum Gasteiger partial charge on any atom is 0.0608 e. The molecule has 1 unspecified atom stereocenters. The molecule has 2 heteroatoms. The van der Waals surface area contributed by atoms with Crippen LogP contribution in [0.2, 0.25) is 0 Å². The minimum Gasteiger partial charge on any atom is -0.381 e. The molecule has 1 aromatic carbocycles. The summed E-state index contributed by atoms with van der Waals surface area (Å²) >= 11 is 0. The van der Waals surface area contributed by atoms with Crippen molar-refractivity contribution in [2.24, 2.45) is 0 Å². The largest absolute Gasteiger partial charge is 0.381 e. The lowest BCUT2D eigenvalue weighted by Gasteiger charge is -2.37. The van der Waals surface area contributed by atoms with Crippen LogP contribution in [-0.2, 0) is 0 Å². The topological polar surface area (TPSA) is 15.3 Å². The highest BCUT2D eigenvalue weighted by Crippen LogP contribution is 2.34. The summed E-state index contributed by atoms with van der Waals surface area (Å²) in [5.41, 5.74) is 5.36. The summed E-state index contributed by atoms with van der Waals surface area (Å²) in [5.74, 6) is 0. The van der Waals surface area contributed by atoms with Gasteiger partial charge in [-0.25, -0.2) is 0 Å². The highest BCUT2D eigenvalue weighted by Gasteiger charge is 2.22. The summed E-state index contributed by atoms with van der Waals surface area (Å²) < 4.78 is 0. The summed E-state index contributed by atoms with van der Waals surface area (Å²) in [6.45, 7) is 7.65. The number of aryl methyl sites for hydroxylation is 2. The van der Waals surface area contributed by atoms with E-state index in [9.17, 15) is 0 Å². The van der Waals surface area contributed by atoms with Gasteiger partial charge in [-0.3, -0.25) is 0 Å². The molecule has 0 aliphatic carbocycles. The maximum absolute atomic E-state index is 3.55. The molecule has 15 heavy (non-hydrogen) atoms. The predicted molar refractivity (Wildman–Crippen MR) is 66.9 cm³/mol. The Morgan fingerprint density at radius 3 is 2.80 bits per heavy atom. The standard InChI is InChI=1S/C13H20N2/c1-5-11-8-14-13-10(3)6-9(2)7-12(13)15(11)4/h6-7,11,14H,5,8H2,1-4H3. The van der Waals surface area contributed by atoms with Crippen molar-refractivity contribution in [2.45, 2.75) is 33.2 Å². The first-order valence-corrected chi connectivity index (χ1v) is 5.71. The van der Waals surface area contributed by atoms with Crippen LogP contribution < -0.4 is 10.2 Å². The van der Waals surface area contributed by atoms with E-state index < -0.39 is 0 Å². The maximum atomic E-state index is 3.55. The third-order valence-corrected chi connectivity index (χ3v) is 3.37. The van der Waals surface area contributed by atoms with E-state index in [4.69, 9.17) is 0 Å².